The zero-order valence-electron chi connectivity index (χ0n) is 4.16. The average Bonchev–Trinajstić information content (AvgIpc) is 1.72. The lowest BCUT2D eigenvalue weighted by Gasteiger charge is -2.01. The molecule has 0 aliphatic rings. The Morgan fingerprint density at radius 3 is 1.86 bits per heavy atom. The van der Waals surface area contributed by atoms with E-state index in [9.17, 15) is 0 Å². The number of halogens is 2. The van der Waals surface area contributed by atoms with Crippen molar-refractivity contribution in [1.82, 2.24) is 0 Å². The highest BCUT2D eigenvalue weighted by Crippen LogP contribution is 1.89. The molecule has 0 radical (unpaired) electrons. The first kappa shape index (κ1) is 7.76. The van der Waals surface area contributed by atoms with Crippen molar-refractivity contribution in [2.45, 2.75) is 0 Å². The molecule has 0 aromatic rings. The molecule has 0 aliphatic heterocycles. The monoisotopic (exact) mass is 158 g/mol. The zero-order valence-corrected chi connectivity index (χ0v) is 6.82. The molecule has 0 unspecified atom stereocenters. The Hall–Kier alpha value is 0.757. The largest absolute Gasteiger partial charge is 0.421 e. The van der Waals surface area contributed by atoms with Crippen LogP contribution in [-0.4, -0.2) is 27.2 Å². The molecule has 0 saturated heterocycles. The maximum Gasteiger partial charge on any atom is 0.205 e. The first-order chi connectivity index (χ1) is 3.35. The van der Waals surface area contributed by atoms with E-state index >= 15 is 0 Å². The molecule has 0 aliphatic carbocycles. The summed E-state index contributed by atoms with van der Waals surface area (Å²) in [4.78, 5) is 0. The van der Waals surface area contributed by atoms with Gasteiger partial charge in [-0.1, -0.05) is 0 Å². The Bertz CT molecular complexity index is 34.4. The van der Waals surface area contributed by atoms with Crippen molar-refractivity contribution < 1.29 is 4.43 Å². The van der Waals surface area contributed by atoms with Crippen LogP contribution >= 0.6 is 23.2 Å². The molecule has 1 nitrogen and oxygen atoms in total. The van der Waals surface area contributed by atoms with Crippen molar-refractivity contribution in [3.63, 3.8) is 0 Å². The van der Waals surface area contributed by atoms with E-state index in [2.05, 4.69) is 0 Å². The SMILES string of the molecule is CO[SiH](CCl)CCl. The van der Waals surface area contributed by atoms with Crippen LogP contribution in [0.5, 0.6) is 0 Å². The topological polar surface area (TPSA) is 9.23 Å². The Morgan fingerprint density at radius 1 is 1.43 bits per heavy atom. The Morgan fingerprint density at radius 2 is 1.86 bits per heavy atom. The summed E-state index contributed by atoms with van der Waals surface area (Å²) in [5.41, 5.74) is 1.22. The highest BCUT2D eigenvalue weighted by molar-refractivity contribution is 6.68. The summed E-state index contributed by atoms with van der Waals surface area (Å²) >= 11 is 10.8. The second kappa shape index (κ2) is 4.90. The molecule has 0 amide bonds. The van der Waals surface area contributed by atoms with Crippen LogP contribution in [0.25, 0.3) is 0 Å². The fourth-order valence-electron chi connectivity index (χ4n) is 0.167. The molecule has 0 fully saturated rings. The van der Waals surface area contributed by atoms with Crippen molar-refractivity contribution in [1.29, 1.82) is 0 Å². The van der Waals surface area contributed by atoms with Crippen molar-refractivity contribution in [3.8, 4) is 0 Å². The summed E-state index contributed by atoms with van der Waals surface area (Å²) < 4.78 is 4.92. The summed E-state index contributed by atoms with van der Waals surface area (Å²) in [5.74, 6) is 0. The predicted octanol–water partition coefficient (Wildman–Crippen LogP) is 0.913. The molecule has 0 atom stereocenters. The molecule has 0 aromatic heterocycles. The predicted molar refractivity (Wildman–Crippen MR) is 35.6 cm³/mol. The fraction of sp³-hybridized carbons (Fsp3) is 1.00. The number of alkyl halides is 2. The highest BCUT2D eigenvalue weighted by atomic mass is 35.5. The summed E-state index contributed by atoms with van der Waals surface area (Å²) in [6, 6.07) is 0. The van der Waals surface area contributed by atoms with Crippen molar-refractivity contribution >= 4 is 32.2 Å². The molecule has 0 saturated carbocycles. The van der Waals surface area contributed by atoms with E-state index in [0.717, 1.165) is 0 Å². The first-order valence-electron chi connectivity index (χ1n) is 1.99. The van der Waals surface area contributed by atoms with Crippen LogP contribution in [0.4, 0.5) is 0 Å². The second-order valence-corrected chi connectivity index (χ2v) is 5.35. The normalized spacial score (nSPS) is 10.3. The molecule has 0 aromatic carbocycles. The van der Waals surface area contributed by atoms with Gasteiger partial charge in [0, 0.05) is 18.1 Å². The summed E-state index contributed by atoms with van der Waals surface area (Å²) in [6.07, 6.45) is 0. The van der Waals surface area contributed by atoms with Crippen molar-refractivity contribution in [3.05, 3.63) is 0 Å². The standard InChI is InChI=1S/C3H8Cl2OSi/c1-6-7(2-4)3-5/h7H,2-3H2,1H3. The lowest BCUT2D eigenvalue weighted by molar-refractivity contribution is 0.428. The van der Waals surface area contributed by atoms with Gasteiger partial charge in [0.2, 0.25) is 9.04 Å². The molecule has 0 heterocycles. The van der Waals surface area contributed by atoms with E-state index < -0.39 is 9.04 Å². The van der Waals surface area contributed by atoms with Gasteiger partial charge in [0.05, 0.1) is 0 Å². The van der Waals surface area contributed by atoms with Gasteiger partial charge in [-0.2, -0.15) is 0 Å². The second-order valence-electron chi connectivity index (χ2n) is 1.17. The number of hydrogen-bond donors (Lipinski definition) is 0. The van der Waals surface area contributed by atoms with Gasteiger partial charge in [-0.05, 0) is 0 Å². The summed E-state index contributed by atoms with van der Waals surface area (Å²) in [5, 5.41) is 0. The van der Waals surface area contributed by atoms with Gasteiger partial charge in [0.1, 0.15) is 0 Å². The van der Waals surface area contributed by atoms with E-state index in [1.807, 2.05) is 0 Å². The molecule has 0 rings (SSSR count). The lowest BCUT2D eigenvalue weighted by atomic mass is 11.8. The van der Waals surface area contributed by atoms with Crippen molar-refractivity contribution in [2.24, 2.45) is 0 Å². The van der Waals surface area contributed by atoms with Gasteiger partial charge in [0.25, 0.3) is 0 Å². The Balaban J connectivity index is 2.99. The summed E-state index contributed by atoms with van der Waals surface area (Å²) in [6.45, 7) is 0. The van der Waals surface area contributed by atoms with Crippen molar-refractivity contribution in [2.75, 3.05) is 18.1 Å². The average molecular weight is 159 g/mol. The van der Waals surface area contributed by atoms with E-state index in [4.69, 9.17) is 27.6 Å². The lowest BCUT2D eigenvalue weighted by Crippen LogP contribution is -2.20. The van der Waals surface area contributed by atoms with E-state index in [1.165, 1.54) is 0 Å². The minimum Gasteiger partial charge on any atom is -0.421 e. The van der Waals surface area contributed by atoms with Gasteiger partial charge in [-0.15, -0.1) is 23.2 Å². The minimum atomic E-state index is -1.14. The molecule has 4 heteroatoms. The minimum absolute atomic E-state index is 0.611. The van der Waals surface area contributed by atoms with E-state index in [0.29, 0.717) is 11.0 Å². The number of rotatable bonds is 3. The molecular weight excluding hydrogens is 151 g/mol. The molecular formula is C3H8Cl2OSi. The third kappa shape index (κ3) is 3.35. The zero-order chi connectivity index (χ0) is 5.70. The van der Waals surface area contributed by atoms with Crippen LogP contribution in [0, 0.1) is 0 Å². The molecule has 44 valence electrons. The first-order valence-corrected chi connectivity index (χ1v) is 5.17. The quantitative estimate of drug-likeness (QED) is 0.439. The van der Waals surface area contributed by atoms with Crippen LogP contribution in [-0.2, 0) is 4.43 Å². The third-order valence-electron chi connectivity index (χ3n) is 0.678. The van der Waals surface area contributed by atoms with Gasteiger partial charge in [0.15, 0.2) is 0 Å². The molecule has 7 heavy (non-hydrogen) atoms. The number of hydrogen-bond acceptors (Lipinski definition) is 1. The Labute approximate surface area is 55.3 Å². The highest BCUT2D eigenvalue weighted by Gasteiger charge is 2.03. The van der Waals surface area contributed by atoms with Crippen LogP contribution in [0.15, 0.2) is 0 Å². The maximum absolute atomic E-state index is 5.42. The molecule has 0 bridgehead atoms. The van der Waals surface area contributed by atoms with Crippen LogP contribution < -0.4 is 0 Å². The molecule has 0 spiro atoms. The summed E-state index contributed by atoms with van der Waals surface area (Å²) in [7, 11) is 0.514. The van der Waals surface area contributed by atoms with Gasteiger partial charge >= 0.3 is 0 Å². The van der Waals surface area contributed by atoms with E-state index in [1.54, 1.807) is 7.11 Å². The van der Waals surface area contributed by atoms with E-state index in [-0.39, 0.29) is 0 Å². The fourth-order valence-corrected chi connectivity index (χ4v) is 2.25. The van der Waals surface area contributed by atoms with Crippen LogP contribution in [0.2, 0.25) is 0 Å². The van der Waals surface area contributed by atoms with Crippen LogP contribution in [0.3, 0.4) is 0 Å². The van der Waals surface area contributed by atoms with Gasteiger partial charge in [-0.25, -0.2) is 0 Å². The smallest absolute Gasteiger partial charge is 0.205 e. The molecule has 0 N–H and O–H groups in total. The maximum atomic E-state index is 5.42. The Kier molecular flexibility index (Phi) is 5.44. The van der Waals surface area contributed by atoms with Gasteiger partial charge < -0.3 is 4.43 Å². The third-order valence-corrected chi connectivity index (χ3v) is 4.10. The van der Waals surface area contributed by atoms with Crippen LogP contribution in [0.1, 0.15) is 0 Å². The van der Waals surface area contributed by atoms with Gasteiger partial charge in [-0.3, -0.25) is 0 Å².